The van der Waals surface area contributed by atoms with Crippen LogP contribution in [0, 0.1) is 5.92 Å². The topological polar surface area (TPSA) is 38.3 Å². The summed E-state index contributed by atoms with van der Waals surface area (Å²) in [4.78, 5) is 11.6. The largest absolute Gasteiger partial charge is 0.462 e. The van der Waals surface area contributed by atoms with Gasteiger partial charge in [-0.2, -0.15) is 0 Å². The van der Waals surface area contributed by atoms with Gasteiger partial charge in [-0.25, -0.2) is 4.79 Å². The third-order valence-corrected chi connectivity index (χ3v) is 4.19. The van der Waals surface area contributed by atoms with E-state index in [4.69, 9.17) is 4.74 Å². The Morgan fingerprint density at radius 2 is 2.16 bits per heavy atom. The number of carbonyl (C=O) groups is 1. The van der Waals surface area contributed by atoms with Gasteiger partial charge in [-0.15, -0.1) is 0 Å². The van der Waals surface area contributed by atoms with Crippen LogP contribution >= 0.6 is 15.9 Å². The van der Waals surface area contributed by atoms with Crippen LogP contribution in [0.4, 0.5) is 5.69 Å². The van der Waals surface area contributed by atoms with Gasteiger partial charge in [-0.3, -0.25) is 0 Å². The molecule has 0 heterocycles. The van der Waals surface area contributed by atoms with Crippen LogP contribution < -0.4 is 5.32 Å². The predicted octanol–water partition coefficient (Wildman–Crippen LogP) is 4.23. The second-order valence-corrected chi connectivity index (χ2v) is 5.80. The van der Waals surface area contributed by atoms with E-state index in [1.807, 2.05) is 19.1 Å². The highest BCUT2D eigenvalue weighted by Crippen LogP contribution is 2.28. The molecule has 0 atom stereocenters. The quantitative estimate of drug-likeness (QED) is 0.823. The minimum absolute atomic E-state index is 0.273. The molecular formula is C15H20BrNO2. The molecule has 1 fully saturated rings. The highest BCUT2D eigenvalue weighted by Gasteiger charge is 2.15. The molecule has 1 aliphatic carbocycles. The molecule has 0 aliphatic heterocycles. The van der Waals surface area contributed by atoms with Gasteiger partial charge in [-0.05, 0) is 59.8 Å². The van der Waals surface area contributed by atoms with Crippen LogP contribution in [0.25, 0.3) is 0 Å². The van der Waals surface area contributed by atoms with Gasteiger partial charge >= 0.3 is 5.97 Å². The van der Waals surface area contributed by atoms with E-state index >= 15 is 0 Å². The molecule has 0 unspecified atom stereocenters. The van der Waals surface area contributed by atoms with Crippen LogP contribution in [0.3, 0.4) is 0 Å². The minimum atomic E-state index is -0.273. The van der Waals surface area contributed by atoms with E-state index in [1.54, 1.807) is 6.07 Å². The lowest BCUT2D eigenvalue weighted by Gasteiger charge is -2.13. The number of carbonyl (C=O) groups excluding carboxylic acids is 1. The van der Waals surface area contributed by atoms with E-state index in [-0.39, 0.29) is 5.97 Å². The van der Waals surface area contributed by atoms with Crippen molar-refractivity contribution < 1.29 is 9.53 Å². The molecule has 0 saturated heterocycles. The van der Waals surface area contributed by atoms with Crippen LogP contribution in [-0.4, -0.2) is 19.1 Å². The van der Waals surface area contributed by atoms with E-state index in [9.17, 15) is 4.79 Å². The van der Waals surface area contributed by atoms with Gasteiger partial charge in [0.2, 0.25) is 0 Å². The molecule has 0 aromatic heterocycles. The Bertz CT molecular complexity index is 442. The third-order valence-electron chi connectivity index (χ3n) is 3.54. The standard InChI is InChI=1S/C15H20BrNO2/c1-2-19-15(18)12-7-8-14(13(16)9-12)17-10-11-5-3-4-6-11/h7-9,11,17H,2-6,10H2,1H3. The third kappa shape index (κ3) is 3.96. The van der Waals surface area contributed by atoms with E-state index in [0.29, 0.717) is 12.2 Å². The molecule has 1 N–H and O–H groups in total. The van der Waals surface area contributed by atoms with Crippen LogP contribution in [0.1, 0.15) is 43.0 Å². The zero-order chi connectivity index (χ0) is 13.7. The minimum Gasteiger partial charge on any atom is -0.462 e. The average molecular weight is 326 g/mol. The van der Waals surface area contributed by atoms with E-state index in [1.165, 1.54) is 25.7 Å². The fraction of sp³-hybridized carbons (Fsp3) is 0.533. The smallest absolute Gasteiger partial charge is 0.338 e. The summed E-state index contributed by atoms with van der Waals surface area (Å²) >= 11 is 3.51. The van der Waals surface area contributed by atoms with Gasteiger partial charge < -0.3 is 10.1 Å². The number of halogens is 1. The number of ether oxygens (including phenoxy) is 1. The number of hydrogen-bond donors (Lipinski definition) is 1. The maximum absolute atomic E-state index is 11.6. The van der Waals surface area contributed by atoms with Crippen molar-refractivity contribution >= 4 is 27.6 Å². The van der Waals surface area contributed by atoms with E-state index < -0.39 is 0 Å². The van der Waals surface area contributed by atoms with Crippen LogP contribution in [0.5, 0.6) is 0 Å². The number of benzene rings is 1. The molecule has 1 saturated carbocycles. The molecule has 1 aromatic rings. The van der Waals surface area contributed by atoms with Gasteiger partial charge in [0.15, 0.2) is 0 Å². The molecule has 19 heavy (non-hydrogen) atoms. The summed E-state index contributed by atoms with van der Waals surface area (Å²) in [5, 5.41) is 3.45. The van der Waals surface area contributed by atoms with Crippen molar-refractivity contribution in [3.8, 4) is 0 Å². The second kappa shape index (κ2) is 6.94. The zero-order valence-electron chi connectivity index (χ0n) is 11.2. The van der Waals surface area contributed by atoms with Crippen LogP contribution in [-0.2, 0) is 4.74 Å². The molecule has 2 rings (SSSR count). The van der Waals surface area contributed by atoms with Crippen molar-refractivity contribution in [3.63, 3.8) is 0 Å². The fourth-order valence-corrected chi connectivity index (χ4v) is 2.99. The van der Waals surface area contributed by atoms with Gasteiger partial charge in [-0.1, -0.05) is 12.8 Å². The average Bonchev–Trinajstić information content (AvgIpc) is 2.90. The highest BCUT2D eigenvalue weighted by molar-refractivity contribution is 9.10. The maximum atomic E-state index is 11.6. The lowest BCUT2D eigenvalue weighted by Crippen LogP contribution is -2.11. The Morgan fingerprint density at radius 1 is 1.42 bits per heavy atom. The van der Waals surface area contributed by atoms with Crippen molar-refractivity contribution in [1.29, 1.82) is 0 Å². The number of rotatable bonds is 5. The Hall–Kier alpha value is -1.03. The lowest BCUT2D eigenvalue weighted by atomic mass is 10.1. The first kappa shape index (κ1) is 14.4. The summed E-state index contributed by atoms with van der Waals surface area (Å²) in [6.45, 7) is 3.22. The van der Waals surface area contributed by atoms with Crippen molar-refractivity contribution in [2.45, 2.75) is 32.6 Å². The normalized spacial score (nSPS) is 15.5. The Kier molecular flexibility index (Phi) is 5.25. The number of esters is 1. The maximum Gasteiger partial charge on any atom is 0.338 e. The van der Waals surface area contributed by atoms with Crippen molar-refractivity contribution in [2.24, 2.45) is 5.92 Å². The summed E-state index contributed by atoms with van der Waals surface area (Å²) < 4.78 is 5.90. The first-order valence-electron chi connectivity index (χ1n) is 6.91. The summed E-state index contributed by atoms with van der Waals surface area (Å²) in [7, 11) is 0. The Balaban J connectivity index is 1.96. The molecular weight excluding hydrogens is 306 g/mol. The Labute approximate surface area is 122 Å². The predicted molar refractivity (Wildman–Crippen MR) is 80.5 cm³/mol. The first-order valence-corrected chi connectivity index (χ1v) is 7.70. The first-order chi connectivity index (χ1) is 9.20. The SMILES string of the molecule is CCOC(=O)c1ccc(NCC2CCCC2)c(Br)c1. The summed E-state index contributed by atoms with van der Waals surface area (Å²) in [6.07, 6.45) is 5.36. The molecule has 4 heteroatoms. The monoisotopic (exact) mass is 325 g/mol. The van der Waals surface area contributed by atoms with Gasteiger partial charge in [0.25, 0.3) is 0 Å². The summed E-state index contributed by atoms with van der Waals surface area (Å²) in [5.74, 6) is 0.516. The molecule has 3 nitrogen and oxygen atoms in total. The summed E-state index contributed by atoms with van der Waals surface area (Å²) in [6, 6.07) is 5.56. The van der Waals surface area contributed by atoms with Gasteiger partial charge in [0.05, 0.1) is 12.2 Å². The molecule has 1 aliphatic rings. The molecule has 104 valence electrons. The van der Waals surface area contributed by atoms with Crippen molar-refractivity contribution in [1.82, 2.24) is 0 Å². The van der Waals surface area contributed by atoms with E-state index in [2.05, 4.69) is 21.2 Å². The van der Waals surface area contributed by atoms with Crippen molar-refractivity contribution in [2.75, 3.05) is 18.5 Å². The van der Waals surface area contributed by atoms with E-state index in [0.717, 1.165) is 22.6 Å². The number of nitrogens with one attached hydrogen (secondary N) is 1. The van der Waals surface area contributed by atoms with Crippen molar-refractivity contribution in [3.05, 3.63) is 28.2 Å². The molecule has 0 spiro atoms. The van der Waals surface area contributed by atoms with Gasteiger partial charge in [0.1, 0.15) is 0 Å². The molecule has 0 amide bonds. The Morgan fingerprint density at radius 3 is 2.79 bits per heavy atom. The number of anilines is 1. The molecule has 1 aromatic carbocycles. The lowest BCUT2D eigenvalue weighted by molar-refractivity contribution is 0.0526. The zero-order valence-corrected chi connectivity index (χ0v) is 12.8. The van der Waals surface area contributed by atoms with Gasteiger partial charge in [0, 0.05) is 16.7 Å². The number of hydrogen-bond acceptors (Lipinski definition) is 3. The molecule has 0 radical (unpaired) electrons. The fourth-order valence-electron chi connectivity index (χ4n) is 2.47. The molecule has 0 bridgehead atoms. The highest BCUT2D eigenvalue weighted by atomic mass is 79.9. The van der Waals surface area contributed by atoms with Crippen LogP contribution in [0.15, 0.2) is 22.7 Å². The second-order valence-electron chi connectivity index (χ2n) is 4.95. The summed E-state index contributed by atoms with van der Waals surface area (Å²) in [5.41, 5.74) is 1.63. The van der Waals surface area contributed by atoms with Crippen LogP contribution in [0.2, 0.25) is 0 Å².